The maximum absolute atomic E-state index is 3.57. The molecule has 0 aromatic carbocycles. The second-order valence-corrected chi connectivity index (χ2v) is 5.91. The van der Waals surface area contributed by atoms with Crippen molar-refractivity contribution >= 4 is 0 Å². The molecule has 0 aliphatic carbocycles. The zero-order valence-electron chi connectivity index (χ0n) is 12.9. The first-order valence-electron chi connectivity index (χ1n) is 8.26. The third-order valence-corrected chi connectivity index (χ3v) is 4.33. The molecular weight excluding hydrogens is 220 g/mol. The van der Waals surface area contributed by atoms with Crippen LogP contribution >= 0.6 is 0 Å². The quantitative estimate of drug-likeness (QED) is 0.675. The SMILES string of the molecule is CCCCC(CC)CN(CCC)C1CCCNC1. The first-order chi connectivity index (χ1) is 8.81. The Labute approximate surface area is 115 Å². The lowest BCUT2D eigenvalue weighted by atomic mass is 9.96. The molecule has 1 saturated heterocycles. The molecule has 0 aromatic rings. The molecule has 18 heavy (non-hydrogen) atoms. The summed E-state index contributed by atoms with van der Waals surface area (Å²) in [6.07, 6.45) is 9.57. The molecule has 2 nitrogen and oxygen atoms in total. The topological polar surface area (TPSA) is 15.3 Å². The summed E-state index contributed by atoms with van der Waals surface area (Å²) in [5.41, 5.74) is 0. The van der Waals surface area contributed by atoms with Gasteiger partial charge in [0, 0.05) is 19.1 Å². The summed E-state index contributed by atoms with van der Waals surface area (Å²) in [4.78, 5) is 2.77. The fraction of sp³-hybridized carbons (Fsp3) is 1.00. The van der Waals surface area contributed by atoms with Gasteiger partial charge in [0.05, 0.1) is 0 Å². The largest absolute Gasteiger partial charge is 0.315 e. The van der Waals surface area contributed by atoms with Crippen LogP contribution in [0.2, 0.25) is 0 Å². The third-order valence-electron chi connectivity index (χ3n) is 4.33. The Morgan fingerprint density at radius 3 is 2.61 bits per heavy atom. The van der Waals surface area contributed by atoms with Crippen molar-refractivity contribution in [3.05, 3.63) is 0 Å². The van der Waals surface area contributed by atoms with Crippen molar-refractivity contribution < 1.29 is 0 Å². The Morgan fingerprint density at radius 2 is 2.06 bits per heavy atom. The van der Waals surface area contributed by atoms with Gasteiger partial charge in [-0.15, -0.1) is 0 Å². The lowest BCUT2D eigenvalue weighted by Crippen LogP contribution is -2.47. The normalized spacial score (nSPS) is 22.3. The van der Waals surface area contributed by atoms with Gasteiger partial charge in [-0.1, -0.05) is 40.0 Å². The molecule has 1 aliphatic rings. The molecule has 1 rings (SSSR count). The van der Waals surface area contributed by atoms with Gasteiger partial charge in [-0.25, -0.2) is 0 Å². The van der Waals surface area contributed by atoms with Gasteiger partial charge >= 0.3 is 0 Å². The van der Waals surface area contributed by atoms with Crippen LogP contribution in [-0.4, -0.2) is 37.1 Å². The van der Waals surface area contributed by atoms with Gasteiger partial charge < -0.3 is 5.32 Å². The van der Waals surface area contributed by atoms with E-state index in [1.54, 1.807) is 0 Å². The molecule has 0 radical (unpaired) electrons. The van der Waals surface area contributed by atoms with Crippen molar-refractivity contribution in [2.24, 2.45) is 5.92 Å². The smallest absolute Gasteiger partial charge is 0.0221 e. The van der Waals surface area contributed by atoms with E-state index >= 15 is 0 Å². The maximum Gasteiger partial charge on any atom is 0.0221 e. The highest BCUT2D eigenvalue weighted by molar-refractivity contribution is 4.79. The Balaban J connectivity index is 2.43. The number of hydrogen-bond acceptors (Lipinski definition) is 2. The Kier molecular flexibility index (Phi) is 8.70. The lowest BCUT2D eigenvalue weighted by molar-refractivity contribution is 0.136. The van der Waals surface area contributed by atoms with Crippen LogP contribution in [0.1, 0.15) is 65.7 Å². The summed E-state index contributed by atoms with van der Waals surface area (Å²) in [5, 5.41) is 3.57. The Morgan fingerprint density at radius 1 is 1.22 bits per heavy atom. The number of hydrogen-bond donors (Lipinski definition) is 1. The van der Waals surface area contributed by atoms with Crippen molar-refractivity contribution in [1.82, 2.24) is 10.2 Å². The van der Waals surface area contributed by atoms with Crippen LogP contribution in [0.15, 0.2) is 0 Å². The van der Waals surface area contributed by atoms with Crippen LogP contribution in [0.4, 0.5) is 0 Å². The summed E-state index contributed by atoms with van der Waals surface area (Å²) in [7, 11) is 0. The fourth-order valence-corrected chi connectivity index (χ4v) is 3.10. The van der Waals surface area contributed by atoms with Crippen molar-refractivity contribution in [3.8, 4) is 0 Å². The fourth-order valence-electron chi connectivity index (χ4n) is 3.10. The van der Waals surface area contributed by atoms with Crippen LogP contribution in [0.5, 0.6) is 0 Å². The van der Waals surface area contributed by atoms with Crippen LogP contribution < -0.4 is 5.32 Å². The highest BCUT2D eigenvalue weighted by Crippen LogP contribution is 2.18. The number of unbranched alkanes of at least 4 members (excludes halogenated alkanes) is 1. The minimum Gasteiger partial charge on any atom is -0.315 e. The minimum atomic E-state index is 0.800. The molecule has 2 atom stereocenters. The number of rotatable bonds is 9. The third kappa shape index (κ3) is 5.71. The molecule has 0 saturated carbocycles. The van der Waals surface area contributed by atoms with Crippen molar-refractivity contribution in [2.75, 3.05) is 26.2 Å². The molecule has 1 heterocycles. The lowest BCUT2D eigenvalue weighted by Gasteiger charge is -2.36. The summed E-state index contributed by atoms with van der Waals surface area (Å²) < 4.78 is 0. The van der Waals surface area contributed by atoms with E-state index in [9.17, 15) is 0 Å². The second kappa shape index (κ2) is 9.80. The van der Waals surface area contributed by atoms with Gasteiger partial charge in [0.25, 0.3) is 0 Å². The first-order valence-corrected chi connectivity index (χ1v) is 8.26. The van der Waals surface area contributed by atoms with Crippen molar-refractivity contribution in [3.63, 3.8) is 0 Å². The Bertz CT molecular complexity index is 188. The molecule has 1 aliphatic heterocycles. The van der Waals surface area contributed by atoms with Crippen LogP contribution in [-0.2, 0) is 0 Å². The van der Waals surface area contributed by atoms with E-state index in [0.717, 1.165) is 12.0 Å². The molecule has 1 N–H and O–H groups in total. The van der Waals surface area contributed by atoms with E-state index in [0.29, 0.717) is 0 Å². The van der Waals surface area contributed by atoms with E-state index < -0.39 is 0 Å². The van der Waals surface area contributed by atoms with Gasteiger partial charge in [-0.2, -0.15) is 0 Å². The van der Waals surface area contributed by atoms with E-state index in [1.807, 2.05) is 0 Å². The molecule has 0 spiro atoms. The summed E-state index contributed by atoms with van der Waals surface area (Å²) in [6.45, 7) is 12.0. The average Bonchev–Trinajstić information content (AvgIpc) is 2.43. The Hall–Kier alpha value is -0.0800. The maximum atomic E-state index is 3.57. The molecule has 2 unspecified atom stereocenters. The number of nitrogens with one attached hydrogen (secondary N) is 1. The van der Waals surface area contributed by atoms with Gasteiger partial charge in [-0.05, 0) is 44.7 Å². The zero-order chi connectivity index (χ0) is 13.2. The molecule has 108 valence electrons. The first kappa shape index (κ1) is 16.0. The second-order valence-electron chi connectivity index (χ2n) is 5.91. The predicted molar refractivity (Wildman–Crippen MR) is 81.1 cm³/mol. The highest BCUT2D eigenvalue weighted by Gasteiger charge is 2.22. The van der Waals surface area contributed by atoms with Crippen molar-refractivity contribution in [2.45, 2.75) is 71.8 Å². The van der Waals surface area contributed by atoms with Gasteiger partial charge in [0.15, 0.2) is 0 Å². The van der Waals surface area contributed by atoms with Crippen molar-refractivity contribution in [1.29, 1.82) is 0 Å². The standard InChI is InChI=1S/C16H34N2/c1-4-7-9-15(6-3)14-18(12-5-2)16-10-8-11-17-13-16/h15-17H,4-14H2,1-3H3. The van der Waals surface area contributed by atoms with E-state index in [4.69, 9.17) is 0 Å². The molecule has 2 heteroatoms. The van der Waals surface area contributed by atoms with E-state index in [1.165, 1.54) is 71.1 Å². The molecule has 0 aromatic heterocycles. The van der Waals surface area contributed by atoms with Crippen LogP contribution in [0.25, 0.3) is 0 Å². The molecule has 1 fully saturated rings. The van der Waals surface area contributed by atoms with E-state index in [-0.39, 0.29) is 0 Å². The van der Waals surface area contributed by atoms with E-state index in [2.05, 4.69) is 31.0 Å². The minimum absolute atomic E-state index is 0.800. The summed E-state index contributed by atoms with van der Waals surface area (Å²) >= 11 is 0. The summed E-state index contributed by atoms with van der Waals surface area (Å²) in [6, 6.07) is 0.800. The van der Waals surface area contributed by atoms with Crippen LogP contribution in [0.3, 0.4) is 0 Å². The molecule has 0 bridgehead atoms. The number of piperidine rings is 1. The summed E-state index contributed by atoms with van der Waals surface area (Å²) in [5.74, 6) is 0.915. The average molecular weight is 254 g/mol. The monoisotopic (exact) mass is 254 g/mol. The predicted octanol–water partition coefficient (Wildman–Crippen LogP) is 3.67. The molecular formula is C16H34N2. The van der Waals surface area contributed by atoms with Crippen LogP contribution in [0, 0.1) is 5.92 Å². The van der Waals surface area contributed by atoms with Gasteiger partial charge in [0.2, 0.25) is 0 Å². The number of nitrogens with zero attached hydrogens (tertiary/aromatic N) is 1. The molecule has 0 amide bonds. The zero-order valence-corrected chi connectivity index (χ0v) is 12.9. The van der Waals surface area contributed by atoms with Gasteiger partial charge in [0.1, 0.15) is 0 Å². The highest BCUT2D eigenvalue weighted by atomic mass is 15.2. The van der Waals surface area contributed by atoms with Gasteiger partial charge in [-0.3, -0.25) is 4.90 Å².